The first-order valence-electron chi connectivity index (χ1n) is 8.12. The van der Waals surface area contributed by atoms with Gasteiger partial charge in [-0.2, -0.15) is 0 Å². The molecule has 108 valence electrons. The van der Waals surface area contributed by atoms with Gasteiger partial charge in [-0.05, 0) is 69.3 Å². The Labute approximate surface area is 121 Å². The van der Waals surface area contributed by atoms with E-state index in [1.54, 1.807) is 6.07 Å². The predicted octanol–water partition coefficient (Wildman–Crippen LogP) is 4.19. The van der Waals surface area contributed by atoms with Crippen molar-refractivity contribution in [2.45, 2.75) is 57.5 Å². The summed E-state index contributed by atoms with van der Waals surface area (Å²) in [6, 6.07) is 5.44. The number of hydrogen-bond donors (Lipinski definition) is 1. The number of aryl methyl sites for hydroxylation is 1. The lowest BCUT2D eigenvalue weighted by atomic mass is 9.53. The molecule has 4 saturated carbocycles. The smallest absolute Gasteiger partial charge is 0.127 e. The Bertz CT molecular complexity index is 487. The van der Waals surface area contributed by atoms with Gasteiger partial charge in [0.05, 0.1) is 0 Å². The number of halogens is 1. The fourth-order valence-electron chi connectivity index (χ4n) is 5.45. The normalized spacial score (nSPS) is 38.4. The van der Waals surface area contributed by atoms with Gasteiger partial charge in [0, 0.05) is 17.6 Å². The highest BCUT2D eigenvalue weighted by Gasteiger charge is 2.50. The van der Waals surface area contributed by atoms with Crippen molar-refractivity contribution in [2.75, 3.05) is 0 Å². The first kappa shape index (κ1) is 12.8. The molecular formula is C18H24FN. The van der Waals surface area contributed by atoms with Crippen molar-refractivity contribution >= 4 is 0 Å². The van der Waals surface area contributed by atoms with Gasteiger partial charge in [0.25, 0.3) is 0 Å². The van der Waals surface area contributed by atoms with E-state index in [1.165, 1.54) is 38.5 Å². The molecule has 0 saturated heterocycles. The second-order valence-electron chi connectivity index (χ2n) is 7.65. The summed E-state index contributed by atoms with van der Waals surface area (Å²) in [6.07, 6.45) is 8.35. The van der Waals surface area contributed by atoms with Crippen molar-refractivity contribution < 1.29 is 4.39 Å². The molecule has 5 rings (SSSR count). The lowest BCUT2D eigenvalue weighted by Crippen LogP contribution is -2.58. The van der Waals surface area contributed by atoms with Crippen molar-refractivity contribution in [3.05, 3.63) is 35.1 Å². The second kappa shape index (κ2) is 4.56. The molecule has 0 aliphatic heterocycles. The zero-order valence-electron chi connectivity index (χ0n) is 12.3. The highest BCUT2D eigenvalue weighted by molar-refractivity contribution is 5.24. The summed E-state index contributed by atoms with van der Waals surface area (Å²) in [4.78, 5) is 0. The maximum Gasteiger partial charge on any atom is 0.127 e. The van der Waals surface area contributed by atoms with E-state index in [9.17, 15) is 4.39 Å². The number of hydrogen-bond acceptors (Lipinski definition) is 1. The predicted molar refractivity (Wildman–Crippen MR) is 78.9 cm³/mol. The third kappa shape index (κ3) is 2.18. The number of nitrogens with one attached hydrogen (secondary N) is 1. The monoisotopic (exact) mass is 273 g/mol. The lowest BCUT2D eigenvalue weighted by Gasteiger charge is -2.57. The van der Waals surface area contributed by atoms with Crippen LogP contribution in [-0.4, -0.2) is 5.54 Å². The summed E-state index contributed by atoms with van der Waals surface area (Å²) in [7, 11) is 0. The molecule has 1 nitrogen and oxygen atoms in total. The Morgan fingerprint density at radius 3 is 2.30 bits per heavy atom. The molecule has 1 aromatic rings. The summed E-state index contributed by atoms with van der Waals surface area (Å²) in [5, 5.41) is 3.77. The maximum absolute atomic E-state index is 13.9. The molecule has 4 aliphatic carbocycles. The lowest BCUT2D eigenvalue weighted by molar-refractivity contribution is -0.0207. The van der Waals surface area contributed by atoms with Crippen LogP contribution in [0.2, 0.25) is 0 Å². The summed E-state index contributed by atoms with van der Waals surface area (Å²) in [5.74, 6) is 2.76. The zero-order chi connectivity index (χ0) is 13.7. The van der Waals surface area contributed by atoms with E-state index >= 15 is 0 Å². The fraction of sp³-hybridized carbons (Fsp3) is 0.667. The molecule has 0 radical (unpaired) electrons. The molecule has 0 aromatic heterocycles. The molecule has 0 spiro atoms. The SMILES string of the molecule is Cc1ccc(F)c(CNC23CC4CC(CC(C4)C2)C3)c1. The van der Waals surface area contributed by atoms with Crippen LogP contribution in [0.5, 0.6) is 0 Å². The van der Waals surface area contributed by atoms with Gasteiger partial charge in [-0.1, -0.05) is 17.7 Å². The zero-order valence-corrected chi connectivity index (χ0v) is 12.3. The van der Waals surface area contributed by atoms with E-state index in [-0.39, 0.29) is 5.82 Å². The first-order valence-corrected chi connectivity index (χ1v) is 8.12. The topological polar surface area (TPSA) is 12.0 Å². The van der Waals surface area contributed by atoms with Crippen LogP contribution in [0.1, 0.15) is 49.7 Å². The highest BCUT2D eigenvalue weighted by atomic mass is 19.1. The minimum Gasteiger partial charge on any atom is -0.307 e. The molecule has 1 N–H and O–H groups in total. The third-order valence-electron chi connectivity index (χ3n) is 5.89. The van der Waals surface area contributed by atoms with Gasteiger partial charge in [0.15, 0.2) is 0 Å². The Morgan fingerprint density at radius 1 is 1.10 bits per heavy atom. The van der Waals surface area contributed by atoms with E-state index in [2.05, 4.69) is 5.32 Å². The van der Waals surface area contributed by atoms with Crippen LogP contribution in [0.4, 0.5) is 4.39 Å². The molecule has 4 bridgehead atoms. The van der Waals surface area contributed by atoms with Crippen LogP contribution >= 0.6 is 0 Å². The van der Waals surface area contributed by atoms with Gasteiger partial charge in [-0.15, -0.1) is 0 Å². The largest absolute Gasteiger partial charge is 0.307 e. The first-order chi connectivity index (χ1) is 9.62. The van der Waals surface area contributed by atoms with Gasteiger partial charge >= 0.3 is 0 Å². The fourth-order valence-corrected chi connectivity index (χ4v) is 5.45. The molecule has 0 heterocycles. The van der Waals surface area contributed by atoms with E-state index in [0.717, 1.165) is 28.9 Å². The van der Waals surface area contributed by atoms with Gasteiger partial charge in [-0.25, -0.2) is 4.39 Å². The van der Waals surface area contributed by atoms with Crippen LogP contribution < -0.4 is 5.32 Å². The van der Waals surface area contributed by atoms with Crippen molar-refractivity contribution in [1.29, 1.82) is 0 Å². The van der Waals surface area contributed by atoms with Gasteiger partial charge in [-0.3, -0.25) is 0 Å². The molecule has 20 heavy (non-hydrogen) atoms. The Balaban J connectivity index is 1.50. The summed E-state index contributed by atoms with van der Waals surface area (Å²) in [5.41, 5.74) is 2.31. The van der Waals surface area contributed by atoms with Crippen molar-refractivity contribution in [3.63, 3.8) is 0 Å². The van der Waals surface area contributed by atoms with Gasteiger partial charge in [0.2, 0.25) is 0 Å². The summed E-state index contributed by atoms with van der Waals surface area (Å²) < 4.78 is 13.9. The second-order valence-corrected chi connectivity index (χ2v) is 7.65. The molecule has 1 aromatic carbocycles. The van der Waals surface area contributed by atoms with Gasteiger partial charge in [0.1, 0.15) is 5.82 Å². The maximum atomic E-state index is 13.9. The minimum atomic E-state index is -0.0622. The standard InChI is InChI=1S/C18H24FN/c1-12-2-3-17(19)16(4-12)11-20-18-8-13-5-14(9-18)7-15(6-13)10-18/h2-4,13-15,20H,5-11H2,1H3. The Kier molecular flexibility index (Phi) is 2.92. The average molecular weight is 273 g/mol. The minimum absolute atomic E-state index is 0.0622. The molecule has 0 amide bonds. The Morgan fingerprint density at radius 2 is 1.70 bits per heavy atom. The average Bonchev–Trinajstić information content (AvgIpc) is 2.38. The quantitative estimate of drug-likeness (QED) is 0.870. The molecule has 4 aliphatic rings. The molecule has 0 unspecified atom stereocenters. The van der Waals surface area contributed by atoms with Crippen LogP contribution in [0, 0.1) is 30.5 Å². The number of rotatable bonds is 3. The molecule has 2 heteroatoms. The van der Waals surface area contributed by atoms with Crippen molar-refractivity contribution in [3.8, 4) is 0 Å². The van der Waals surface area contributed by atoms with Crippen LogP contribution in [0.3, 0.4) is 0 Å². The van der Waals surface area contributed by atoms with Crippen LogP contribution in [-0.2, 0) is 6.54 Å². The highest BCUT2D eigenvalue weighted by Crippen LogP contribution is 2.55. The van der Waals surface area contributed by atoms with Gasteiger partial charge < -0.3 is 5.32 Å². The van der Waals surface area contributed by atoms with Crippen molar-refractivity contribution in [1.82, 2.24) is 5.32 Å². The molecule has 0 atom stereocenters. The summed E-state index contributed by atoms with van der Waals surface area (Å²) >= 11 is 0. The summed E-state index contributed by atoms with van der Waals surface area (Å²) in [6.45, 7) is 2.73. The van der Waals surface area contributed by atoms with E-state index in [0.29, 0.717) is 12.1 Å². The van der Waals surface area contributed by atoms with E-state index in [4.69, 9.17) is 0 Å². The van der Waals surface area contributed by atoms with Crippen LogP contribution in [0.25, 0.3) is 0 Å². The van der Waals surface area contributed by atoms with Crippen molar-refractivity contribution in [2.24, 2.45) is 17.8 Å². The molecule has 4 fully saturated rings. The molecular weight excluding hydrogens is 249 g/mol. The van der Waals surface area contributed by atoms with E-state index < -0.39 is 0 Å². The third-order valence-corrected chi connectivity index (χ3v) is 5.89. The Hall–Kier alpha value is -0.890. The van der Waals surface area contributed by atoms with Crippen LogP contribution in [0.15, 0.2) is 18.2 Å². The number of benzene rings is 1. The van der Waals surface area contributed by atoms with E-state index in [1.807, 2.05) is 19.1 Å².